The summed E-state index contributed by atoms with van der Waals surface area (Å²) in [5, 5.41) is 8.78. The number of hydrogen-bond acceptors (Lipinski definition) is 5. The van der Waals surface area contributed by atoms with Crippen LogP contribution in [0.15, 0.2) is 42.0 Å². The first kappa shape index (κ1) is 18.9. The van der Waals surface area contributed by atoms with Crippen LogP contribution < -0.4 is 10.1 Å². The zero-order valence-electron chi connectivity index (χ0n) is 14.3. The third-order valence-electron chi connectivity index (χ3n) is 3.58. The lowest BCUT2D eigenvalue weighted by atomic mass is 10.2. The number of nitrogens with one attached hydrogen (secondary N) is 1. The number of hydrogen-bond donors (Lipinski definition) is 1. The van der Waals surface area contributed by atoms with Crippen LogP contribution in [0, 0.1) is 0 Å². The Bertz CT molecular complexity index is 952. The molecule has 3 rings (SSSR count). The van der Waals surface area contributed by atoms with Gasteiger partial charge in [0.25, 0.3) is 5.91 Å². The molecule has 1 N–H and O–H groups in total. The van der Waals surface area contributed by atoms with Crippen LogP contribution >= 0.6 is 11.3 Å². The lowest BCUT2D eigenvalue weighted by Crippen LogP contribution is -2.30. The van der Waals surface area contributed by atoms with Crippen LogP contribution in [0.4, 0.5) is 18.3 Å². The van der Waals surface area contributed by atoms with Crippen molar-refractivity contribution in [3.8, 4) is 17.0 Å². The Balaban J connectivity index is 1.64. The number of benzene rings is 1. The summed E-state index contributed by atoms with van der Waals surface area (Å²) in [6.07, 6.45) is -2.03. The summed E-state index contributed by atoms with van der Waals surface area (Å²) >= 11 is 1.23. The van der Waals surface area contributed by atoms with Gasteiger partial charge in [0.1, 0.15) is 5.75 Å². The van der Waals surface area contributed by atoms with Gasteiger partial charge in [-0.05, 0) is 25.1 Å². The molecule has 142 valence electrons. The van der Waals surface area contributed by atoms with Crippen LogP contribution in [0.2, 0.25) is 0 Å². The molecule has 10 heteroatoms. The van der Waals surface area contributed by atoms with Gasteiger partial charge in [-0.15, -0.1) is 11.3 Å². The highest BCUT2D eigenvalue weighted by Gasteiger charge is 2.31. The number of anilines is 1. The lowest BCUT2D eigenvalue weighted by Gasteiger charge is -2.15. The van der Waals surface area contributed by atoms with Gasteiger partial charge in [-0.25, -0.2) is 4.98 Å². The quantitative estimate of drug-likeness (QED) is 0.709. The van der Waals surface area contributed by atoms with Crippen molar-refractivity contribution in [2.45, 2.75) is 19.2 Å². The average molecular weight is 396 g/mol. The largest absolute Gasteiger partial charge is 0.481 e. The zero-order chi connectivity index (χ0) is 19.6. The Kier molecular flexibility index (Phi) is 5.17. The maximum atomic E-state index is 12.7. The lowest BCUT2D eigenvalue weighted by molar-refractivity contribution is -0.137. The fraction of sp³-hybridized carbons (Fsp3) is 0.235. The van der Waals surface area contributed by atoms with Gasteiger partial charge < -0.3 is 4.74 Å². The summed E-state index contributed by atoms with van der Waals surface area (Å²) in [5.41, 5.74) is 0.631. The Labute approximate surface area is 156 Å². The van der Waals surface area contributed by atoms with Gasteiger partial charge in [0, 0.05) is 24.2 Å². The number of rotatable bonds is 5. The molecule has 0 bridgehead atoms. The highest BCUT2D eigenvalue weighted by atomic mass is 32.1. The molecule has 2 aromatic heterocycles. The van der Waals surface area contributed by atoms with E-state index in [4.69, 9.17) is 4.74 Å². The minimum atomic E-state index is -4.48. The highest BCUT2D eigenvalue weighted by molar-refractivity contribution is 7.14. The minimum absolute atomic E-state index is 0.0392. The van der Waals surface area contributed by atoms with Crippen molar-refractivity contribution in [2.75, 3.05) is 5.32 Å². The minimum Gasteiger partial charge on any atom is -0.481 e. The summed E-state index contributed by atoms with van der Waals surface area (Å²) in [6.45, 7) is 1.45. The van der Waals surface area contributed by atoms with Crippen molar-refractivity contribution in [2.24, 2.45) is 7.05 Å². The fourth-order valence-electron chi connectivity index (χ4n) is 2.23. The molecule has 0 saturated carbocycles. The number of ether oxygens (including phenoxy) is 1. The molecular formula is C17H15F3N4O2S. The number of carbonyl (C=O) groups excluding carboxylic acids is 1. The summed E-state index contributed by atoms with van der Waals surface area (Å²) in [5.74, 6) is -0.554. The van der Waals surface area contributed by atoms with Gasteiger partial charge in [0.15, 0.2) is 11.2 Å². The molecule has 0 aliphatic carbocycles. The second-order valence-electron chi connectivity index (χ2n) is 5.72. The smallest absolute Gasteiger partial charge is 0.416 e. The molecule has 0 spiro atoms. The number of aromatic nitrogens is 3. The van der Waals surface area contributed by atoms with Crippen molar-refractivity contribution in [1.29, 1.82) is 0 Å². The summed E-state index contributed by atoms with van der Waals surface area (Å²) in [7, 11) is 1.78. The first-order valence-corrected chi connectivity index (χ1v) is 8.69. The van der Waals surface area contributed by atoms with Crippen molar-refractivity contribution in [1.82, 2.24) is 14.8 Å². The van der Waals surface area contributed by atoms with E-state index in [2.05, 4.69) is 15.4 Å². The molecule has 1 aromatic carbocycles. The van der Waals surface area contributed by atoms with Crippen molar-refractivity contribution in [3.05, 3.63) is 47.6 Å². The van der Waals surface area contributed by atoms with Crippen LogP contribution in [0.1, 0.15) is 12.5 Å². The molecule has 0 radical (unpaired) electrons. The number of aryl methyl sites for hydroxylation is 1. The molecule has 6 nitrogen and oxygen atoms in total. The van der Waals surface area contributed by atoms with E-state index in [0.717, 1.165) is 17.7 Å². The first-order valence-electron chi connectivity index (χ1n) is 7.81. The SMILES string of the molecule is CC(Oc1cccc(C(F)(F)F)c1)C(=O)Nc1nc(-c2cnn(C)c2)cs1. The summed E-state index contributed by atoms with van der Waals surface area (Å²) in [6, 6.07) is 4.38. The van der Waals surface area contributed by atoms with Gasteiger partial charge in [-0.2, -0.15) is 18.3 Å². The van der Waals surface area contributed by atoms with E-state index in [1.807, 2.05) is 0 Å². The molecule has 1 atom stereocenters. The Morgan fingerprint density at radius 3 is 2.81 bits per heavy atom. The molecule has 0 aliphatic rings. The van der Waals surface area contributed by atoms with Crippen LogP contribution in [0.5, 0.6) is 5.75 Å². The Hall–Kier alpha value is -2.88. The fourth-order valence-corrected chi connectivity index (χ4v) is 2.95. The van der Waals surface area contributed by atoms with Crippen LogP contribution in [-0.4, -0.2) is 26.8 Å². The van der Waals surface area contributed by atoms with Crippen molar-refractivity contribution >= 4 is 22.4 Å². The van der Waals surface area contributed by atoms with Crippen molar-refractivity contribution in [3.63, 3.8) is 0 Å². The number of carbonyl (C=O) groups is 1. The molecule has 1 amide bonds. The van der Waals surface area contributed by atoms with Crippen LogP contribution in [0.25, 0.3) is 11.3 Å². The summed E-state index contributed by atoms with van der Waals surface area (Å²) in [4.78, 5) is 16.5. The number of alkyl halides is 3. The second kappa shape index (κ2) is 7.39. The van der Waals surface area contributed by atoms with Gasteiger partial charge in [0.2, 0.25) is 0 Å². The van der Waals surface area contributed by atoms with E-state index in [1.165, 1.54) is 30.4 Å². The van der Waals surface area contributed by atoms with Crippen molar-refractivity contribution < 1.29 is 22.7 Å². The maximum Gasteiger partial charge on any atom is 0.416 e. The summed E-state index contributed by atoms with van der Waals surface area (Å²) < 4.78 is 45.2. The normalized spacial score (nSPS) is 12.6. The Morgan fingerprint density at radius 1 is 1.37 bits per heavy atom. The van der Waals surface area contributed by atoms with Gasteiger partial charge in [0.05, 0.1) is 17.5 Å². The zero-order valence-corrected chi connectivity index (χ0v) is 15.1. The monoisotopic (exact) mass is 396 g/mol. The van der Waals surface area contributed by atoms with E-state index >= 15 is 0 Å². The van der Waals surface area contributed by atoms with Gasteiger partial charge in [-0.3, -0.25) is 14.8 Å². The standard InChI is InChI=1S/C17H15F3N4O2S/c1-10(26-13-5-3-4-12(6-13)17(18,19)20)15(25)23-16-22-14(9-27-16)11-7-21-24(2)8-11/h3-10H,1-2H3,(H,22,23,25). The molecule has 2 heterocycles. The van der Waals surface area contributed by atoms with Crippen LogP contribution in [0.3, 0.4) is 0 Å². The molecule has 0 saturated heterocycles. The maximum absolute atomic E-state index is 12.7. The number of halogens is 3. The molecule has 0 fully saturated rings. The van der Waals surface area contributed by atoms with Gasteiger partial charge >= 0.3 is 6.18 Å². The molecule has 27 heavy (non-hydrogen) atoms. The third kappa shape index (κ3) is 4.64. The Morgan fingerprint density at radius 2 is 2.15 bits per heavy atom. The molecular weight excluding hydrogens is 381 g/mol. The highest BCUT2D eigenvalue weighted by Crippen LogP contribution is 2.31. The van der Waals surface area contributed by atoms with E-state index in [1.54, 1.807) is 29.5 Å². The number of thiazole rings is 1. The first-order chi connectivity index (χ1) is 12.7. The second-order valence-corrected chi connectivity index (χ2v) is 6.57. The van der Waals surface area contributed by atoms with E-state index in [0.29, 0.717) is 10.8 Å². The molecule has 0 aliphatic heterocycles. The van der Waals surface area contributed by atoms with Crippen LogP contribution in [-0.2, 0) is 18.0 Å². The van der Waals surface area contributed by atoms with E-state index in [9.17, 15) is 18.0 Å². The molecule has 1 unspecified atom stereocenters. The van der Waals surface area contributed by atoms with Gasteiger partial charge in [-0.1, -0.05) is 6.07 Å². The van der Waals surface area contributed by atoms with E-state index < -0.39 is 23.8 Å². The molecule has 3 aromatic rings. The average Bonchev–Trinajstić information content (AvgIpc) is 3.23. The van der Waals surface area contributed by atoms with E-state index in [-0.39, 0.29) is 5.75 Å². The predicted molar refractivity (Wildman–Crippen MR) is 94.5 cm³/mol. The topological polar surface area (TPSA) is 69.0 Å². The number of nitrogens with zero attached hydrogens (tertiary/aromatic N) is 3. The number of amides is 1. The predicted octanol–water partition coefficient (Wildman–Crippen LogP) is 3.97. The third-order valence-corrected chi connectivity index (χ3v) is 4.34.